The van der Waals surface area contributed by atoms with Gasteiger partial charge in [-0.15, -0.1) is 5.06 Å². The molecule has 138 valence electrons. The Labute approximate surface area is 161 Å². The molecule has 2 aromatic rings. The van der Waals surface area contributed by atoms with Crippen molar-refractivity contribution >= 4 is 40.9 Å². The molecule has 2 aliphatic rings. The number of fused-ring (bicyclic) bond motifs is 2. The maximum atomic E-state index is 12.0. The largest absolute Gasteiger partial charge is 0.340 e. The van der Waals surface area contributed by atoms with Gasteiger partial charge in [-0.1, -0.05) is 36.0 Å². The molecule has 1 fully saturated rings. The smallest absolute Gasteiger partial charge is 0.333 e. The number of nitrogens with zero attached hydrogens (tertiary/aromatic N) is 2. The van der Waals surface area contributed by atoms with E-state index in [4.69, 9.17) is 4.84 Å². The van der Waals surface area contributed by atoms with E-state index < -0.39 is 17.8 Å². The van der Waals surface area contributed by atoms with Crippen LogP contribution in [0.4, 0.5) is 11.4 Å². The Bertz CT molecular complexity index is 853. The summed E-state index contributed by atoms with van der Waals surface area (Å²) in [6.45, 7) is 0.631. The van der Waals surface area contributed by atoms with Crippen molar-refractivity contribution in [3.05, 3.63) is 48.5 Å². The van der Waals surface area contributed by atoms with Gasteiger partial charge in [0.2, 0.25) is 0 Å². The summed E-state index contributed by atoms with van der Waals surface area (Å²) in [5, 5.41) is 0.602. The molecule has 4 rings (SSSR count). The lowest BCUT2D eigenvalue weighted by Crippen LogP contribution is -2.32. The molecule has 2 aromatic carbocycles. The summed E-state index contributed by atoms with van der Waals surface area (Å²) in [7, 11) is 0. The third kappa shape index (κ3) is 3.55. The summed E-state index contributed by atoms with van der Waals surface area (Å²) >= 11 is 1.73. The van der Waals surface area contributed by atoms with E-state index in [9.17, 15) is 14.4 Å². The van der Waals surface area contributed by atoms with Crippen LogP contribution in [-0.2, 0) is 19.2 Å². The van der Waals surface area contributed by atoms with E-state index >= 15 is 0 Å². The summed E-state index contributed by atoms with van der Waals surface area (Å²) in [5.41, 5.74) is 2.22. The number of carbonyl (C=O) groups excluding carboxylic acids is 3. The highest BCUT2D eigenvalue weighted by molar-refractivity contribution is 7.99. The summed E-state index contributed by atoms with van der Waals surface area (Å²) in [6.07, 6.45) is 0.879. The van der Waals surface area contributed by atoms with E-state index in [0.29, 0.717) is 18.0 Å². The van der Waals surface area contributed by atoms with Crippen LogP contribution >= 0.6 is 11.8 Å². The van der Waals surface area contributed by atoms with Gasteiger partial charge in [-0.2, -0.15) is 0 Å². The first-order chi connectivity index (χ1) is 13.1. The predicted octanol–water partition coefficient (Wildman–Crippen LogP) is 3.68. The molecule has 0 bridgehead atoms. The zero-order chi connectivity index (χ0) is 18.8. The van der Waals surface area contributed by atoms with Crippen molar-refractivity contribution in [3.8, 4) is 0 Å². The van der Waals surface area contributed by atoms with E-state index in [1.165, 1.54) is 9.79 Å². The number of hydrogen-bond acceptors (Lipinski definition) is 6. The quantitative estimate of drug-likeness (QED) is 0.735. The lowest BCUT2D eigenvalue weighted by atomic mass is 10.2. The molecule has 0 spiro atoms. The Morgan fingerprint density at radius 3 is 2.07 bits per heavy atom. The highest BCUT2D eigenvalue weighted by Crippen LogP contribution is 2.47. The van der Waals surface area contributed by atoms with Crippen molar-refractivity contribution in [2.24, 2.45) is 0 Å². The maximum Gasteiger partial charge on any atom is 0.333 e. The summed E-state index contributed by atoms with van der Waals surface area (Å²) in [6, 6.07) is 16.3. The number of benzene rings is 2. The van der Waals surface area contributed by atoms with Gasteiger partial charge >= 0.3 is 5.97 Å². The van der Waals surface area contributed by atoms with Gasteiger partial charge in [-0.25, -0.2) is 4.79 Å². The molecule has 0 atom stereocenters. The topological polar surface area (TPSA) is 66.9 Å². The highest BCUT2D eigenvalue weighted by atomic mass is 32.2. The first kappa shape index (κ1) is 17.6. The van der Waals surface area contributed by atoms with Crippen LogP contribution in [0.2, 0.25) is 0 Å². The van der Waals surface area contributed by atoms with Crippen molar-refractivity contribution in [2.45, 2.75) is 35.5 Å². The SMILES string of the molecule is O=C(CCCN1c2ccccc2Sc2ccccc21)ON1C(=O)CCC1=O. The second kappa shape index (κ2) is 7.44. The van der Waals surface area contributed by atoms with Crippen LogP contribution in [0, 0.1) is 0 Å². The number of para-hydroxylation sites is 2. The van der Waals surface area contributed by atoms with E-state index in [1.807, 2.05) is 24.3 Å². The van der Waals surface area contributed by atoms with Crippen LogP contribution in [0.25, 0.3) is 0 Å². The standard InChI is InChI=1S/C20H18N2O4S/c23-18-11-12-19(24)22(18)26-20(25)10-5-13-21-14-6-1-3-8-16(14)27-17-9-4-2-7-15(17)21/h1-4,6-9H,5,10-13H2. The monoisotopic (exact) mass is 382 g/mol. The molecule has 6 nitrogen and oxygen atoms in total. The normalized spacial score (nSPS) is 15.6. The average molecular weight is 382 g/mol. The molecule has 0 aliphatic carbocycles. The fourth-order valence-electron chi connectivity index (χ4n) is 3.21. The molecule has 27 heavy (non-hydrogen) atoms. The third-order valence-electron chi connectivity index (χ3n) is 4.49. The minimum atomic E-state index is -0.563. The Morgan fingerprint density at radius 1 is 0.926 bits per heavy atom. The Balaban J connectivity index is 1.42. The molecule has 1 saturated heterocycles. The third-order valence-corrected chi connectivity index (χ3v) is 5.62. The molecule has 0 aromatic heterocycles. The van der Waals surface area contributed by atoms with Crippen LogP contribution in [0.3, 0.4) is 0 Å². The fourth-order valence-corrected chi connectivity index (χ4v) is 4.30. The minimum Gasteiger partial charge on any atom is -0.340 e. The lowest BCUT2D eigenvalue weighted by molar-refractivity contribution is -0.197. The Morgan fingerprint density at radius 2 is 1.48 bits per heavy atom. The van der Waals surface area contributed by atoms with Crippen molar-refractivity contribution in [1.29, 1.82) is 0 Å². The molecular formula is C20H18N2O4S. The van der Waals surface area contributed by atoms with E-state index in [-0.39, 0.29) is 19.3 Å². The van der Waals surface area contributed by atoms with Crippen LogP contribution in [-0.4, -0.2) is 29.4 Å². The molecule has 2 heterocycles. The number of rotatable bonds is 5. The molecule has 0 saturated carbocycles. The number of imide groups is 1. The zero-order valence-electron chi connectivity index (χ0n) is 14.6. The van der Waals surface area contributed by atoms with Gasteiger partial charge in [0.05, 0.1) is 11.4 Å². The lowest BCUT2D eigenvalue weighted by Gasteiger charge is -2.32. The predicted molar refractivity (Wildman–Crippen MR) is 100 cm³/mol. The Hall–Kier alpha value is -2.80. The first-order valence-corrected chi connectivity index (χ1v) is 9.65. The number of carbonyl (C=O) groups is 3. The number of hydroxylamine groups is 2. The molecule has 0 unspecified atom stereocenters. The molecule has 7 heteroatoms. The average Bonchev–Trinajstić information content (AvgIpc) is 2.99. The zero-order valence-corrected chi connectivity index (χ0v) is 15.4. The fraction of sp³-hybridized carbons (Fsp3) is 0.250. The van der Waals surface area contributed by atoms with E-state index in [2.05, 4.69) is 29.2 Å². The van der Waals surface area contributed by atoms with E-state index in [1.54, 1.807) is 11.8 Å². The van der Waals surface area contributed by atoms with Crippen LogP contribution in [0.15, 0.2) is 58.3 Å². The Kier molecular flexibility index (Phi) is 4.85. The van der Waals surface area contributed by atoms with Crippen LogP contribution < -0.4 is 4.90 Å². The first-order valence-electron chi connectivity index (χ1n) is 8.83. The molecular weight excluding hydrogens is 364 g/mol. The molecule has 0 radical (unpaired) electrons. The summed E-state index contributed by atoms with van der Waals surface area (Å²) < 4.78 is 0. The highest BCUT2D eigenvalue weighted by Gasteiger charge is 2.32. The van der Waals surface area contributed by atoms with Crippen molar-refractivity contribution in [3.63, 3.8) is 0 Å². The van der Waals surface area contributed by atoms with E-state index in [0.717, 1.165) is 11.4 Å². The number of hydrogen-bond donors (Lipinski definition) is 0. The minimum absolute atomic E-state index is 0.102. The van der Waals surface area contributed by atoms with Crippen LogP contribution in [0.1, 0.15) is 25.7 Å². The van der Waals surface area contributed by atoms with Gasteiger partial charge in [0.15, 0.2) is 0 Å². The van der Waals surface area contributed by atoms with Crippen LogP contribution in [0.5, 0.6) is 0 Å². The number of anilines is 2. The maximum absolute atomic E-state index is 12.0. The summed E-state index contributed by atoms with van der Waals surface area (Å²) in [4.78, 5) is 44.6. The van der Waals surface area contributed by atoms with Crippen molar-refractivity contribution in [2.75, 3.05) is 11.4 Å². The van der Waals surface area contributed by atoms with Gasteiger partial charge < -0.3 is 9.74 Å². The molecule has 2 aliphatic heterocycles. The van der Waals surface area contributed by atoms with Gasteiger partial charge in [0, 0.05) is 35.6 Å². The van der Waals surface area contributed by atoms with Gasteiger partial charge in [0.1, 0.15) is 0 Å². The molecule has 0 N–H and O–H groups in total. The summed E-state index contributed by atoms with van der Waals surface area (Å²) in [5.74, 6) is -1.47. The number of amides is 2. The van der Waals surface area contributed by atoms with Gasteiger partial charge in [0.25, 0.3) is 11.8 Å². The second-order valence-corrected chi connectivity index (χ2v) is 7.42. The van der Waals surface area contributed by atoms with Crippen molar-refractivity contribution in [1.82, 2.24) is 5.06 Å². The van der Waals surface area contributed by atoms with Crippen molar-refractivity contribution < 1.29 is 19.2 Å². The molecule has 2 amide bonds. The van der Waals surface area contributed by atoms with Gasteiger partial charge in [-0.3, -0.25) is 9.59 Å². The second-order valence-electron chi connectivity index (χ2n) is 6.34. The van der Waals surface area contributed by atoms with Gasteiger partial charge in [-0.05, 0) is 30.7 Å².